The van der Waals surface area contributed by atoms with E-state index in [4.69, 9.17) is 0 Å². The molecule has 3 heteroatoms. The number of sulfone groups is 1. The van der Waals surface area contributed by atoms with E-state index in [9.17, 15) is 8.42 Å². The molecule has 68 valence electrons. The first kappa shape index (κ1) is 11.2. The first-order chi connectivity index (χ1) is 5.00. The van der Waals surface area contributed by atoms with E-state index in [2.05, 4.69) is 0 Å². The molecule has 0 heterocycles. The van der Waals surface area contributed by atoms with Crippen molar-refractivity contribution in [1.29, 1.82) is 0 Å². The van der Waals surface area contributed by atoms with Crippen LogP contribution in [0.5, 0.6) is 0 Å². The Kier molecular flexibility index (Phi) is 3.46. The van der Waals surface area contributed by atoms with Crippen LogP contribution in [-0.4, -0.2) is 14.7 Å². The molecule has 0 aliphatic heterocycles. The maximum atomic E-state index is 10.9. The van der Waals surface area contributed by atoms with Gasteiger partial charge in [-0.2, -0.15) is 0 Å². The van der Waals surface area contributed by atoms with Gasteiger partial charge in [-0.15, -0.1) is 0 Å². The first-order valence-electron chi connectivity index (χ1n) is 3.27. The van der Waals surface area contributed by atoms with Crippen LogP contribution in [0.25, 0.3) is 0 Å². The summed E-state index contributed by atoms with van der Waals surface area (Å²) in [5, 5.41) is 0. The molecular weight excluding hydrogens is 172 g/mol. The lowest BCUT2D eigenvalue weighted by molar-refractivity contribution is 0.602. The van der Waals surface area contributed by atoms with Crippen LogP contribution in [0, 0.1) is 6.92 Å². The van der Waals surface area contributed by atoms with Crippen LogP contribution < -0.4 is 0 Å². The van der Waals surface area contributed by atoms with Gasteiger partial charge >= 0.3 is 0 Å². The third-order valence-electron chi connectivity index (χ3n) is 1.45. The van der Waals surface area contributed by atoms with Gasteiger partial charge in [-0.25, -0.2) is 8.42 Å². The normalized spacial score (nSPS) is 10.5. The van der Waals surface area contributed by atoms with Crippen molar-refractivity contribution in [3.05, 3.63) is 29.8 Å². The molecule has 0 N–H and O–H groups in total. The second kappa shape index (κ2) is 3.72. The standard InChI is InChI=1S/C8H10O2S.CH4/c1-7-3-5-8(6-4-7)11(2,9)10;/h3-6H,1-2H3;1H4. The van der Waals surface area contributed by atoms with Crippen LogP contribution in [0.4, 0.5) is 0 Å². The summed E-state index contributed by atoms with van der Waals surface area (Å²) in [5.41, 5.74) is 1.07. The van der Waals surface area contributed by atoms with Crippen LogP contribution >= 0.6 is 0 Å². The number of hydrogen-bond donors (Lipinski definition) is 0. The maximum Gasteiger partial charge on any atom is 0.175 e. The van der Waals surface area contributed by atoms with E-state index in [1.54, 1.807) is 24.3 Å². The van der Waals surface area contributed by atoms with Crippen molar-refractivity contribution in [2.75, 3.05) is 6.26 Å². The van der Waals surface area contributed by atoms with Crippen molar-refractivity contribution in [2.45, 2.75) is 19.2 Å². The third kappa shape index (κ3) is 2.66. The summed E-state index contributed by atoms with van der Waals surface area (Å²) in [5.74, 6) is 0. The first-order valence-corrected chi connectivity index (χ1v) is 5.16. The summed E-state index contributed by atoms with van der Waals surface area (Å²) < 4.78 is 21.9. The van der Waals surface area contributed by atoms with Gasteiger partial charge in [-0.05, 0) is 19.1 Å². The second-order valence-electron chi connectivity index (χ2n) is 2.59. The monoisotopic (exact) mass is 186 g/mol. The molecule has 0 aromatic heterocycles. The highest BCUT2D eigenvalue weighted by molar-refractivity contribution is 7.90. The van der Waals surface area contributed by atoms with Gasteiger partial charge in [0.15, 0.2) is 9.84 Å². The van der Waals surface area contributed by atoms with Crippen molar-refractivity contribution in [1.82, 2.24) is 0 Å². The lowest BCUT2D eigenvalue weighted by Crippen LogP contribution is -1.95. The summed E-state index contributed by atoms with van der Waals surface area (Å²) in [6.45, 7) is 1.92. The van der Waals surface area contributed by atoms with Crippen molar-refractivity contribution in [3.8, 4) is 0 Å². The maximum absolute atomic E-state index is 10.9. The Morgan fingerprint density at radius 1 is 1.08 bits per heavy atom. The molecule has 0 aliphatic carbocycles. The Hall–Kier alpha value is -0.830. The molecule has 0 amide bonds. The minimum absolute atomic E-state index is 0. The van der Waals surface area contributed by atoms with Gasteiger partial charge in [0.1, 0.15) is 0 Å². The van der Waals surface area contributed by atoms with E-state index in [1.807, 2.05) is 6.92 Å². The Labute approximate surface area is 74.2 Å². The zero-order valence-electron chi connectivity index (χ0n) is 6.53. The molecule has 0 spiro atoms. The highest BCUT2D eigenvalue weighted by Crippen LogP contribution is 2.08. The van der Waals surface area contributed by atoms with E-state index in [0.717, 1.165) is 5.56 Å². The van der Waals surface area contributed by atoms with Crippen molar-refractivity contribution < 1.29 is 8.42 Å². The molecule has 2 nitrogen and oxygen atoms in total. The van der Waals surface area contributed by atoms with Gasteiger partial charge in [0.05, 0.1) is 4.90 Å². The fraction of sp³-hybridized carbons (Fsp3) is 0.333. The lowest BCUT2D eigenvalue weighted by Gasteiger charge is -1.96. The second-order valence-corrected chi connectivity index (χ2v) is 4.60. The van der Waals surface area contributed by atoms with Gasteiger partial charge in [0.25, 0.3) is 0 Å². The van der Waals surface area contributed by atoms with Gasteiger partial charge < -0.3 is 0 Å². The van der Waals surface area contributed by atoms with Gasteiger partial charge in [-0.3, -0.25) is 0 Å². The Morgan fingerprint density at radius 2 is 1.50 bits per heavy atom. The lowest BCUT2D eigenvalue weighted by atomic mass is 10.2. The number of benzene rings is 1. The number of rotatable bonds is 1. The predicted octanol–water partition coefficient (Wildman–Crippen LogP) is 2.03. The predicted molar refractivity (Wildman–Crippen MR) is 51.0 cm³/mol. The van der Waals surface area contributed by atoms with Gasteiger partial charge in [-0.1, -0.05) is 25.1 Å². The summed E-state index contributed by atoms with van der Waals surface area (Å²) in [4.78, 5) is 0.378. The average molecular weight is 186 g/mol. The summed E-state index contributed by atoms with van der Waals surface area (Å²) in [7, 11) is -3.02. The molecule has 0 aliphatic rings. The molecule has 0 bridgehead atoms. The van der Waals surface area contributed by atoms with Crippen LogP contribution in [0.2, 0.25) is 0 Å². The van der Waals surface area contributed by atoms with Crippen molar-refractivity contribution in [2.24, 2.45) is 0 Å². The van der Waals surface area contributed by atoms with Crippen LogP contribution in [0.1, 0.15) is 13.0 Å². The average Bonchev–Trinajstić information content (AvgIpc) is 1.86. The van der Waals surface area contributed by atoms with E-state index in [-0.39, 0.29) is 7.43 Å². The minimum atomic E-state index is -3.02. The molecule has 0 saturated carbocycles. The molecule has 12 heavy (non-hydrogen) atoms. The van der Waals surface area contributed by atoms with E-state index in [0.29, 0.717) is 4.90 Å². The third-order valence-corrected chi connectivity index (χ3v) is 2.58. The SMILES string of the molecule is C.Cc1ccc(S(C)(=O)=O)cc1. The molecule has 0 atom stereocenters. The molecule has 1 aromatic rings. The van der Waals surface area contributed by atoms with Gasteiger partial charge in [0, 0.05) is 6.26 Å². The molecular formula is C9H14O2S. The smallest absolute Gasteiger partial charge is 0.175 e. The van der Waals surface area contributed by atoms with Crippen LogP contribution in [-0.2, 0) is 9.84 Å². The van der Waals surface area contributed by atoms with Crippen LogP contribution in [0.3, 0.4) is 0 Å². The highest BCUT2D eigenvalue weighted by Gasteiger charge is 2.04. The van der Waals surface area contributed by atoms with Crippen molar-refractivity contribution >= 4 is 9.84 Å². The summed E-state index contributed by atoms with van der Waals surface area (Å²) in [6, 6.07) is 6.81. The summed E-state index contributed by atoms with van der Waals surface area (Å²) in [6.07, 6.45) is 1.21. The molecule has 1 aromatic carbocycles. The fourth-order valence-electron chi connectivity index (χ4n) is 0.785. The zero-order chi connectivity index (χ0) is 8.48. The zero-order valence-corrected chi connectivity index (χ0v) is 7.35. The Balaban J connectivity index is 0.00000121. The number of aryl methyl sites for hydroxylation is 1. The summed E-state index contributed by atoms with van der Waals surface area (Å²) >= 11 is 0. The molecule has 0 fully saturated rings. The highest BCUT2D eigenvalue weighted by atomic mass is 32.2. The van der Waals surface area contributed by atoms with E-state index < -0.39 is 9.84 Å². The number of hydrogen-bond acceptors (Lipinski definition) is 2. The fourth-order valence-corrected chi connectivity index (χ4v) is 1.42. The van der Waals surface area contributed by atoms with Crippen LogP contribution in [0.15, 0.2) is 29.2 Å². The molecule has 0 saturated heterocycles. The van der Waals surface area contributed by atoms with E-state index >= 15 is 0 Å². The minimum Gasteiger partial charge on any atom is -0.224 e. The molecule has 1 rings (SSSR count). The Bertz CT molecular complexity index is 335. The topological polar surface area (TPSA) is 34.1 Å². The Morgan fingerprint density at radius 3 is 1.83 bits per heavy atom. The molecule has 0 radical (unpaired) electrons. The van der Waals surface area contributed by atoms with Gasteiger partial charge in [0.2, 0.25) is 0 Å². The largest absolute Gasteiger partial charge is 0.224 e. The van der Waals surface area contributed by atoms with E-state index in [1.165, 1.54) is 6.26 Å². The quantitative estimate of drug-likeness (QED) is 0.672. The van der Waals surface area contributed by atoms with Crippen molar-refractivity contribution in [3.63, 3.8) is 0 Å². The molecule has 0 unspecified atom stereocenters.